The van der Waals surface area contributed by atoms with Crippen molar-refractivity contribution in [1.82, 2.24) is 19.7 Å². The molecule has 2 aromatic carbocycles. The quantitative estimate of drug-likeness (QED) is 0.675. The van der Waals surface area contributed by atoms with E-state index in [-0.39, 0.29) is 17.0 Å². The van der Waals surface area contributed by atoms with Crippen LogP contribution in [-0.4, -0.2) is 38.7 Å². The van der Waals surface area contributed by atoms with E-state index in [9.17, 15) is 14.0 Å². The highest BCUT2D eigenvalue weighted by atomic mass is 19.1. The summed E-state index contributed by atoms with van der Waals surface area (Å²) in [5.74, 6) is -0.213. The second-order valence-corrected chi connectivity index (χ2v) is 7.68. The lowest BCUT2D eigenvalue weighted by atomic mass is 9.85. The zero-order valence-electron chi connectivity index (χ0n) is 15.7. The molecule has 1 amide bonds. The zero-order valence-corrected chi connectivity index (χ0v) is 15.7. The number of hydrogen-bond donors (Lipinski definition) is 0. The second kappa shape index (κ2) is 6.62. The lowest BCUT2D eigenvalue weighted by Gasteiger charge is -2.23. The maximum atomic E-state index is 14.0. The summed E-state index contributed by atoms with van der Waals surface area (Å²) >= 11 is 0. The van der Waals surface area contributed by atoms with Gasteiger partial charge in [0, 0.05) is 25.2 Å². The van der Waals surface area contributed by atoms with Crippen LogP contribution < -0.4 is 5.56 Å². The predicted octanol–water partition coefficient (Wildman–Crippen LogP) is 2.63. The van der Waals surface area contributed by atoms with Gasteiger partial charge in [-0.1, -0.05) is 42.5 Å². The van der Waals surface area contributed by atoms with Crippen molar-refractivity contribution in [3.05, 3.63) is 82.2 Å². The largest absolute Gasteiger partial charge is 0.338 e. The normalized spacial score (nSPS) is 20.2. The second-order valence-electron chi connectivity index (χ2n) is 7.68. The Morgan fingerprint density at radius 2 is 1.69 bits per heavy atom. The minimum absolute atomic E-state index is 0.0745. The molecule has 0 N–H and O–H groups in total. The molecule has 2 aliphatic heterocycles. The van der Waals surface area contributed by atoms with Crippen LogP contribution in [0.25, 0.3) is 11.3 Å². The Balaban J connectivity index is 1.47. The van der Waals surface area contributed by atoms with Crippen molar-refractivity contribution in [2.75, 3.05) is 13.1 Å². The number of nitrogens with zero attached hydrogens (tertiary/aromatic N) is 4. The molecule has 146 valence electrons. The molecule has 5 rings (SSSR count). The topological polar surface area (TPSA) is 68.1 Å². The standard InChI is InChI=1S/C22H19FN4O2/c23-17-9-5-4-8-16(17)19(28)26-12-10-22(14-26)11-13-27-20(29)18(24-25-21(22)27)15-6-2-1-3-7-15/h1-9H,10-14H2/t22-/m0/s1. The van der Waals surface area contributed by atoms with Gasteiger partial charge in [0.1, 0.15) is 11.6 Å². The molecule has 7 heteroatoms. The van der Waals surface area contributed by atoms with Crippen LogP contribution in [0.1, 0.15) is 29.0 Å². The van der Waals surface area contributed by atoms with E-state index in [0.29, 0.717) is 37.6 Å². The average Bonchev–Trinajstić information content (AvgIpc) is 3.34. The summed E-state index contributed by atoms with van der Waals surface area (Å²) in [6.45, 7) is 1.47. The Morgan fingerprint density at radius 3 is 2.48 bits per heavy atom. The lowest BCUT2D eigenvalue weighted by Crippen LogP contribution is -2.35. The summed E-state index contributed by atoms with van der Waals surface area (Å²) < 4.78 is 15.7. The van der Waals surface area contributed by atoms with Gasteiger partial charge >= 0.3 is 0 Å². The number of carbonyl (C=O) groups excluding carboxylic acids is 1. The molecule has 1 spiro atoms. The molecule has 6 nitrogen and oxygen atoms in total. The van der Waals surface area contributed by atoms with Gasteiger partial charge in [0.15, 0.2) is 5.69 Å². The maximum Gasteiger partial charge on any atom is 0.280 e. The van der Waals surface area contributed by atoms with E-state index in [0.717, 1.165) is 12.0 Å². The first-order valence-corrected chi connectivity index (χ1v) is 9.66. The van der Waals surface area contributed by atoms with Crippen molar-refractivity contribution >= 4 is 5.91 Å². The van der Waals surface area contributed by atoms with Gasteiger partial charge in [-0.2, -0.15) is 0 Å². The number of aromatic nitrogens is 3. The summed E-state index contributed by atoms with van der Waals surface area (Å²) in [5, 5.41) is 8.65. The van der Waals surface area contributed by atoms with E-state index in [1.165, 1.54) is 12.1 Å². The first-order valence-electron chi connectivity index (χ1n) is 9.66. The number of rotatable bonds is 2. The third kappa shape index (κ3) is 2.76. The maximum absolute atomic E-state index is 14.0. The monoisotopic (exact) mass is 390 g/mol. The fourth-order valence-corrected chi connectivity index (χ4v) is 4.47. The van der Waals surface area contributed by atoms with Crippen LogP contribution >= 0.6 is 0 Å². The van der Waals surface area contributed by atoms with Crippen LogP contribution in [0.15, 0.2) is 59.4 Å². The predicted molar refractivity (Wildman–Crippen MR) is 105 cm³/mol. The SMILES string of the molecule is O=C(c1ccccc1F)N1CC[C@]2(CCn3c2nnc(-c2ccccc2)c3=O)C1. The van der Waals surface area contributed by atoms with E-state index in [1.807, 2.05) is 30.3 Å². The number of hydrogen-bond acceptors (Lipinski definition) is 4. The fraction of sp³-hybridized carbons (Fsp3) is 0.273. The van der Waals surface area contributed by atoms with Crippen LogP contribution in [0, 0.1) is 5.82 Å². The Bertz CT molecular complexity index is 1160. The molecule has 0 bridgehead atoms. The smallest absolute Gasteiger partial charge is 0.280 e. The Hall–Kier alpha value is -3.35. The molecular weight excluding hydrogens is 371 g/mol. The summed E-state index contributed by atoms with van der Waals surface area (Å²) in [6.07, 6.45) is 1.40. The van der Waals surface area contributed by atoms with Gasteiger partial charge in [-0.3, -0.25) is 14.2 Å². The van der Waals surface area contributed by atoms with E-state index < -0.39 is 11.2 Å². The molecule has 2 aliphatic rings. The fourth-order valence-electron chi connectivity index (χ4n) is 4.47. The molecule has 1 atom stereocenters. The first-order chi connectivity index (χ1) is 14.1. The summed E-state index contributed by atoms with van der Waals surface area (Å²) in [4.78, 5) is 27.5. The first kappa shape index (κ1) is 17.7. The molecule has 0 saturated carbocycles. The van der Waals surface area contributed by atoms with E-state index in [1.54, 1.807) is 21.6 Å². The minimum atomic E-state index is -0.520. The van der Waals surface area contributed by atoms with E-state index >= 15 is 0 Å². The lowest BCUT2D eigenvalue weighted by molar-refractivity contribution is 0.0778. The molecule has 3 heterocycles. The van der Waals surface area contributed by atoms with Crippen molar-refractivity contribution in [3.8, 4) is 11.3 Å². The van der Waals surface area contributed by atoms with Gasteiger partial charge in [0.05, 0.1) is 11.0 Å². The summed E-state index contributed by atoms with van der Waals surface area (Å²) in [5.41, 5.74) is 0.595. The van der Waals surface area contributed by atoms with Gasteiger partial charge in [-0.05, 0) is 25.0 Å². The number of halogens is 1. The minimum Gasteiger partial charge on any atom is -0.338 e. The Kier molecular flexibility index (Phi) is 4.04. The molecule has 0 aliphatic carbocycles. The van der Waals surface area contributed by atoms with Crippen LogP contribution in [0.3, 0.4) is 0 Å². The average molecular weight is 390 g/mol. The van der Waals surface area contributed by atoms with Crippen LogP contribution in [0.4, 0.5) is 4.39 Å². The number of carbonyl (C=O) groups is 1. The third-order valence-corrected chi connectivity index (χ3v) is 6.03. The molecule has 1 fully saturated rings. The van der Waals surface area contributed by atoms with Crippen molar-refractivity contribution < 1.29 is 9.18 Å². The van der Waals surface area contributed by atoms with Crippen molar-refractivity contribution in [3.63, 3.8) is 0 Å². The van der Waals surface area contributed by atoms with Crippen molar-refractivity contribution in [1.29, 1.82) is 0 Å². The third-order valence-electron chi connectivity index (χ3n) is 6.03. The molecule has 3 aromatic rings. The van der Waals surface area contributed by atoms with Crippen LogP contribution in [0.2, 0.25) is 0 Å². The molecule has 0 unspecified atom stereocenters. The zero-order chi connectivity index (χ0) is 20.0. The Morgan fingerprint density at radius 1 is 0.966 bits per heavy atom. The highest BCUT2D eigenvalue weighted by molar-refractivity contribution is 5.94. The number of benzene rings is 2. The molecule has 0 radical (unpaired) electrons. The number of amides is 1. The summed E-state index contributed by atoms with van der Waals surface area (Å²) in [7, 11) is 0. The highest BCUT2D eigenvalue weighted by Gasteiger charge is 2.48. The van der Waals surface area contributed by atoms with Crippen LogP contribution in [0.5, 0.6) is 0 Å². The molecule has 29 heavy (non-hydrogen) atoms. The van der Waals surface area contributed by atoms with Crippen molar-refractivity contribution in [2.45, 2.75) is 24.8 Å². The number of likely N-dealkylation sites (tertiary alicyclic amines) is 1. The number of fused-ring (bicyclic) bond motifs is 2. The van der Waals surface area contributed by atoms with Gasteiger partial charge < -0.3 is 4.90 Å². The summed E-state index contributed by atoms with van der Waals surface area (Å²) in [6, 6.07) is 15.3. The highest BCUT2D eigenvalue weighted by Crippen LogP contribution is 2.41. The van der Waals surface area contributed by atoms with Crippen LogP contribution in [-0.2, 0) is 12.0 Å². The van der Waals surface area contributed by atoms with E-state index in [4.69, 9.17) is 0 Å². The van der Waals surface area contributed by atoms with Gasteiger partial charge in [-0.15, -0.1) is 10.2 Å². The van der Waals surface area contributed by atoms with Gasteiger partial charge in [0.2, 0.25) is 0 Å². The molecular formula is C22H19FN4O2. The van der Waals surface area contributed by atoms with E-state index in [2.05, 4.69) is 10.2 Å². The Labute approximate surface area is 166 Å². The van der Waals surface area contributed by atoms with Crippen molar-refractivity contribution in [2.24, 2.45) is 0 Å². The van der Waals surface area contributed by atoms with Gasteiger partial charge in [0.25, 0.3) is 11.5 Å². The molecule has 1 saturated heterocycles. The van der Waals surface area contributed by atoms with Gasteiger partial charge in [-0.25, -0.2) is 4.39 Å². The molecule has 1 aromatic heterocycles.